The summed E-state index contributed by atoms with van der Waals surface area (Å²) in [5, 5.41) is 3.11. The van der Waals surface area contributed by atoms with E-state index in [1.54, 1.807) is 18.6 Å². The van der Waals surface area contributed by atoms with Gasteiger partial charge in [-0.15, -0.1) is 0 Å². The van der Waals surface area contributed by atoms with Crippen LogP contribution >= 0.6 is 0 Å². The minimum Gasteiger partial charge on any atom is -0.374 e. The Morgan fingerprint density at radius 1 is 1.29 bits per heavy atom. The molecule has 0 saturated carbocycles. The Labute approximate surface area is 141 Å². The molecule has 8 nitrogen and oxygen atoms in total. The quantitative estimate of drug-likeness (QED) is 0.844. The average molecular weight is 349 g/mol. The predicted octanol–water partition coefficient (Wildman–Crippen LogP) is 0.611. The van der Waals surface area contributed by atoms with Gasteiger partial charge in [0.15, 0.2) is 0 Å². The van der Waals surface area contributed by atoms with Crippen LogP contribution in [0.4, 0.5) is 5.95 Å². The van der Waals surface area contributed by atoms with Crippen molar-refractivity contribution in [3.05, 3.63) is 36.8 Å². The van der Waals surface area contributed by atoms with Crippen LogP contribution in [0.3, 0.4) is 0 Å². The fraction of sp³-hybridized carbons (Fsp3) is 0.400. The molecular weight excluding hydrogens is 330 g/mol. The highest BCUT2D eigenvalue weighted by molar-refractivity contribution is 7.88. The maximum absolute atomic E-state index is 11.6. The third-order valence-electron chi connectivity index (χ3n) is 3.69. The summed E-state index contributed by atoms with van der Waals surface area (Å²) in [5.74, 6) is 0.476. The Morgan fingerprint density at radius 2 is 2.08 bits per heavy atom. The van der Waals surface area contributed by atoms with E-state index in [-0.39, 0.29) is 6.10 Å². The molecule has 128 valence electrons. The van der Waals surface area contributed by atoms with Crippen molar-refractivity contribution < 1.29 is 13.2 Å². The van der Waals surface area contributed by atoms with E-state index in [4.69, 9.17) is 4.74 Å². The van der Waals surface area contributed by atoms with Crippen LogP contribution in [-0.2, 0) is 14.8 Å². The summed E-state index contributed by atoms with van der Waals surface area (Å²) < 4.78 is 30.3. The Balaban J connectivity index is 1.63. The van der Waals surface area contributed by atoms with E-state index in [1.807, 2.05) is 18.2 Å². The zero-order valence-corrected chi connectivity index (χ0v) is 14.1. The Morgan fingerprint density at radius 3 is 2.83 bits per heavy atom. The first-order valence-electron chi connectivity index (χ1n) is 7.56. The maximum atomic E-state index is 11.6. The average Bonchev–Trinajstić information content (AvgIpc) is 2.61. The van der Waals surface area contributed by atoms with Crippen LogP contribution < -0.4 is 5.32 Å². The summed E-state index contributed by atoms with van der Waals surface area (Å²) in [7, 11) is -3.20. The molecule has 1 fully saturated rings. The maximum Gasteiger partial charge on any atom is 0.223 e. The lowest BCUT2D eigenvalue weighted by Crippen LogP contribution is -2.47. The summed E-state index contributed by atoms with van der Waals surface area (Å²) in [4.78, 5) is 12.6. The lowest BCUT2D eigenvalue weighted by atomic mass is 10.2. The lowest BCUT2D eigenvalue weighted by molar-refractivity contribution is 0.00696. The molecule has 3 rings (SSSR count). The molecule has 2 aromatic heterocycles. The van der Waals surface area contributed by atoms with E-state index in [9.17, 15) is 8.42 Å². The number of nitrogens with zero attached hydrogens (tertiary/aromatic N) is 4. The van der Waals surface area contributed by atoms with Gasteiger partial charge in [-0.1, -0.05) is 0 Å². The summed E-state index contributed by atoms with van der Waals surface area (Å²) >= 11 is 0. The third kappa shape index (κ3) is 4.25. The molecule has 0 aliphatic carbocycles. The monoisotopic (exact) mass is 349 g/mol. The van der Waals surface area contributed by atoms with Gasteiger partial charge in [-0.3, -0.25) is 4.98 Å². The van der Waals surface area contributed by atoms with Crippen molar-refractivity contribution in [3.8, 4) is 11.3 Å². The van der Waals surface area contributed by atoms with Gasteiger partial charge in [0, 0.05) is 43.8 Å². The summed E-state index contributed by atoms with van der Waals surface area (Å²) in [6, 6.07) is 5.57. The SMILES string of the molecule is CS(=O)(=O)N1CCO[C@@H](CNc2nccc(-c3ccncc3)n2)C1. The number of hydrogen-bond acceptors (Lipinski definition) is 7. The Kier molecular flexibility index (Phi) is 5.03. The molecule has 0 spiro atoms. The van der Waals surface area contributed by atoms with Crippen molar-refractivity contribution in [2.24, 2.45) is 0 Å². The van der Waals surface area contributed by atoms with Gasteiger partial charge in [-0.25, -0.2) is 18.4 Å². The number of anilines is 1. The highest BCUT2D eigenvalue weighted by atomic mass is 32.2. The second-order valence-electron chi connectivity index (χ2n) is 5.50. The first-order valence-corrected chi connectivity index (χ1v) is 9.41. The fourth-order valence-corrected chi connectivity index (χ4v) is 3.29. The van der Waals surface area contributed by atoms with E-state index in [1.165, 1.54) is 10.6 Å². The molecule has 0 aromatic carbocycles. The first kappa shape index (κ1) is 16.7. The molecule has 24 heavy (non-hydrogen) atoms. The molecule has 1 aliphatic rings. The zero-order chi connectivity index (χ0) is 17.0. The van der Waals surface area contributed by atoms with Crippen LogP contribution in [0.15, 0.2) is 36.8 Å². The molecule has 0 bridgehead atoms. The molecule has 0 amide bonds. The van der Waals surface area contributed by atoms with Gasteiger partial charge in [0.25, 0.3) is 0 Å². The van der Waals surface area contributed by atoms with E-state index < -0.39 is 10.0 Å². The number of rotatable bonds is 5. The van der Waals surface area contributed by atoms with Crippen LogP contribution in [0.1, 0.15) is 0 Å². The minimum absolute atomic E-state index is 0.235. The van der Waals surface area contributed by atoms with E-state index in [2.05, 4.69) is 20.3 Å². The molecule has 0 unspecified atom stereocenters. The van der Waals surface area contributed by atoms with Gasteiger partial charge < -0.3 is 10.1 Å². The van der Waals surface area contributed by atoms with Crippen LogP contribution in [0.5, 0.6) is 0 Å². The molecule has 2 aromatic rings. The van der Waals surface area contributed by atoms with Gasteiger partial charge in [-0.2, -0.15) is 4.31 Å². The molecule has 3 heterocycles. The van der Waals surface area contributed by atoms with Crippen molar-refractivity contribution in [2.75, 3.05) is 37.8 Å². The lowest BCUT2D eigenvalue weighted by Gasteiger charge is -2.31. The number of pyridine rings is 1. The molecule has 1 atom stereocenters. The van der Waals surface area contributed by atoms with Gasteiger partial charge in [0.1, 0.15) is 0 Å². The van der Waals surface area contributed by atoms with E-state index >= 15 is 0 Å². The van der Waals surface area contributed by atoms with Crippen molar-refractivity contribution in [2.45, 2.75) is 6.10 Å². The van der Waals surface area contributed by atoms with Crippen LogP contribution in [-0.4, -0.2) is 66.3 Å². The van der Waals surface area contributed by atoms with E-state index in [0.717, 1.165) is 11.3 Å². The first-order chi connectivity index (χ1) is 11.5. The number of sulfonamides is 1. The fourth-order valence-electron chi connectivity index (χ4n) is 2.45. The van der Waals surface area contributed by atoms with Crippen LogP contribution in [0.25, 0.3) is 11.3 Å². The van der Waals surface area contributed by atoms with Crippen molar-refractivity contribution in [3.63, 3.8) is 0 Å². The van der Waals surface area contributed by atoms with Crippen LogP contribution in [0.2, 0.25) is 0 Å². The second kappa shape index (κ2) is 7.20. The molecule has 1 saturated heterocycles. The standard InChI is InChI=1S/C15H19N5O3S/c1-24(21,22)20-8-9-23-13(11-20)10-18-15-17-7-4-14(19-15)12-2-5-16-6-3-12/h2-7,13H,8-11H2,1H3,(H,17,18,19)/t13-/m0/s1. The summed E-state index contributed by atoms with van der Waals surface area (Å²) in [5.41, 5.74) is 1.74. The number of aromatic nitrogens is 3. The largest absolute Gasteiger partial charge is 0.374 e. The van der Waals surface area contributed by atoms with Crippen molar-refractivity contribution in [1.29, 1.82) is 0 Å². The van der Waals surface area contributed by atoms with E-state index in [0.29, 0.717) is 32.2 Å². The summed E-state index contributed by atoms with van der Waals surface area (Å²) in [6.45, 7) is 1.54. The zero-order valence-electron chi connectivity index (χ0n) is 13.3. The highest BCUT2D eigenvalue weighted by Gasteiger charge is 2.26. The van der Waals surface area contributed by atoms with Crippen LogP contribution in [0, 0.1) is 0 Å². The molecule has 0 radical (unpaired) electrons. The normalized spacial score (nSPS) is 19.1. The Bertz CT molecular complexity index is 785. The van der Waals surface area contributed by atoms with Gasteiger partial charge in [0.2, 0.25) is 16.0 Å². The number of hydrogen-bond donors (Lipinski definition) is 1. The Hall–Kier alpha value is -2.10. The third-order valence-corrected chi connectivity index (χ3v) is 4.96. The molecule has 9 heteroatoms. The number of ether oxygens (including phenoxy) is 1. The smallest absolute Gasteiger partial charge is 0.223 e. The van der Waals surface area contributed by atoms with Gasteiger partial charge in [-0.05, 0) is 18.2 Å². The number of morpholine rings is 1. The molecular formula is C15H19N5O3S. The summed E-state index contributed by atoms with van der Waals surface area (Å²) in [6.07, 6.45) is 6.07. The minimum atomic E-state index is -3.20. The van der Waals surface area contributed by atoms with Crippen molar-refractivity contribution in [1.82, 2.24) is 19.3 Å². The molecule has 1 N–H and O–H groups in total. The highest BCUT2D eigenvalue weighted by Crippen LogP contribution is 2.16. The molecule has 1 aliphatic heterocycles. The topological polar surface area (TPSA) is 97.3 Å². The number of nitrogens with one attached hydrogen (secondary N) is 1. The van der Waals surface area contributed by atoms with Crippen molar-refractivity contribution >= 4 is 16.0 Å². The van der Waals surface area contributed by atoms with Gasteiger partial charge in [0.05, 0.1) is 24.7 Å². The second-order valence-corrected chi connectivity index (χ2v) is 7.48. The predicted molar refractivity (Wildman–Crippen MR) is 89.9 cm³/mol. The van der Waals surface area contributed by atoms with Gasteiger partial charge >= 0.3 is 0 Å².